The van der Waals surface area contributed by atoms with Crippen molar-refractivity contribution in [3.05, 3.63) is 30.1 Å². The van der Waals surface area contributed by atoms with Gasteiger partial charge >= 0.3 is 6.03 Å². The van der Waals surface area contributed by atoms with Crippen LogP contribution in [0.1, 0.15) is 25.7 Å². The van der Waals surface area contributed by atoms with Crippen LogP contribution >= 0.6 is 0 Å². The average Bonchev–Trinajstić information content (AvgIpc) is 3.25. The van der Waals surface area contributed by atoms with Crippen molar-refractivity contribution < 1.29 is 14.0 Å². The number of hydrogen-bond acceptors (Lipinski definition) is 3. The number of fused-ring (bicyclic) bond motifs is 1. The summed E-state index contributed by atoms with van der Waals surface area (Å²) < 4.78 is 13.8. The zero-order valence-corrected chi connectivity index (χ0v) is 15.4. The molecule has 146 valence electrons. The minimum atomic E-state index is -0.463. The molecule has 1 aliphatic carbocycles. The van der Waals surface area contributed by atoms with Gasteiger partial charge in [-0.25, -0.2) is 9.18 Å². The molecule has 1 aromatic rings. The Kier molecular flexibility index (Phi) is 5.04. The van der Waals surface area contributed by atoms with E-state index in [4.69, 9.17) is 5.73 Å². The van der Waals surface area contributed by atoms with Crippen LogP contribution in [0.15, 0.2) is 24.3 Å². The van der Waals surface area contributed by atoms with Gasteiger partial charge in [-0.1, -0.05) is 12.1 Å². The summed E-state index contributed by atoms with van der Waals surface area (Å²) in [5, 5.41) is 2.62. The Morgan fingerprint density at radius 2 is 1.89 bits per heavy atom. The van der Waals surface area contributed by atoms with Gasteiger partial charge in [0.2, 0.25) is 5.91 Å². The molecule has 0 spiro atoms. The molecule has 3 aliphatic rings. The van der Waals surface area contributed by atoms with Crippen LogP contribution in [0.5, 0.6) is 0 Å². The quantitative estimate of drug-likeness (QED) is 0.833. The van der Waals surface area contributed by atoms with E-state index in [-0.39, 0.29) is 29.6 Å². The lowest BCUT2D eigenvalue weighted by Gasteiger charge is -2.34. The Morgan fingerprint density at radius 3 is 2.67 bits per heavy atom. The molecule has 1 aromatic carbocycles. The molecular weight excluding hydrogens is 347 g/mol. The highest BCUT2D eigenvalue weighted by Crippen LogP contribution is 2.38. The molecule has 4 unspecified atom stereocenters. The number of carbonyl (C=O) groups is 2. The average molecular weight is 374 g/mol. The van der Waals surface area contributed by atoms with Gasteiger partial charge in [0.05, 0.1) is 11.6 Å². The third-order valence-corrected chi connectivity index (χ3v) is 6.40. The van der Waals surface area contributed by atoms with Gasteiger partial charge in [-0.05, 0) is 49.7 Å². The summed E-state index contributed by atoms with van der Waals surface area (Å²) in [6.07, 6.45) is 3.74. The number of urea groups is 1. The van der Waals surface area contributed by atoms with Crippen LogP contribution in [0.25, 0.3) is 0 Å². The normalized spacial score (nSPS) is 30.3. The van der Waals surface area contributed by atoms with Gasteiger partial charge in [-0.15, -0.1) is 0 Å². The summed E-state index contributed by atoms with van der Waals surface area (Å²) in [5.74, 6) is 0.460. The Balaban J connectivity index is 1.36. The Bertz CT molecular complexity index is 728. The van der Waals surface area contributed by atoms with E-state index in [1.165, 1.54) is 12.1 Å². The second-order valence-corrected chi connectivity index (χ2v) is 8.10. The number of rotatable bonds is 2. The molecule has 0 radical (unpaired) electrons. The molecule has 0 aromatic heterocycles. The fraction of sp³-hybridized carbons (Fsp3) is 0.600. The van der Waals surface area contributed by atoms with Gasteiger partial charge in [0, 0.05) is 32.2 Å². The fourth-order valence-electron chi connectivity index (χ4n) is 4.87. The maximum absolute atomic E-state index is 13.8. The predicted octanol–water partition coefficient (Wildman–Crippen LogP) is 2.27. The number of nitrogens with zero attached hydrogens (tertiary/aromatic N) is 2. The number of halogens is 1. The van der Waals surface area contributed by atoms with Crippen molar-refractivity contribution in [2.45, 2.75) is 31.7 Å². The molecule has 7 heteroatoms. The smallest absolute Gasteiger partial charge is 0.321 e. The van der Waals surface area contributed by atoms with E-state index in [0.29, 0.717) is 24.9 Å². The molecule has 3 N–H and O–H groups in total. The lowest BCUT2D eigenvalue weighted by Crippen LogP contribution is -2.48. The highest BCUT2D eigenvalue weighted by atomic mass is 19.1. The van der Waals surface area contributed by atoms with Crippen molar-refractivity contribution in [2.75, 3.05) is 31.5 Å². The summed E-state index contributed by atoms with van der Waals surface area (Å²) in [5.41, 5.74) is 6.34. The third kappa shape index (κ3) is 3.65. The van der Waals surface area contributed by atoms with E-state index in [9.17, 15) is 14.0 Å². The molecule has 2 aliphatic heterocycles. The van der Waals surface area contributed by atoms with Gasteiger partial charge in [0.25, 0.3) is 0 Å². The predicted molar refractivity (Wildman–Crippen MR) is 100 cm³/mol. The number of anilines is 1. The van der Waals surface area contributed by atoms with Crippen molar-refractivity contribution >= 4 is 17.6 Å². The summed E-state index contributed by atoms with van der Waals surface area (Å²) in [6.45, 7) is 2.52. The number of piperidine rings is 1. The van der Waals surface area contributed by atoms with E-state index in [1.54, 1.807) is 17.0 Å². The van der Waals surface area contributed by atoms with Crippen molar-refractivity contribution in [3.63, 3.8) is 0 Å². The van der Waals surface area contributed by atoms with Crippen LogP contribution in [-0.4, -0.2) is 54.0 Å². The molecule has 2 saturated heterocycles. The fourth-order valence-corrected chi connectivity index (χ4v) is 4.87. The van der Waals surface area contributed by atoms with Crippen LogP contribution in [0.4, 0.5) is 14.9 Å². The summed E-state index contributed by atoms with van der Waals surface area (Å²) in [4.78, 5) is 29.1. The van der Waals surface area contributed by atoms with Crippen LogP contribution in [-0.2, 0) is 4.79 Å². The molecule has 1 saturated carbocycles. The van der Waals surface area contributed by atoms with E-state index < -0.39 is 5.82 Å². The van der Waals surface area contributed by atoms with Crippen LogP contribution in [0.2, 0.25) is 0 Å². The molecule has 0 bridgehead atoms. The monoisotopic (exact) mass is 374 g/mol. The molecule has 3 amide bonds. The summed E-state index contributed by atoms with van der Waals surface area (Å²) in [6, 6.07) is 5.97. The summed E-state index contributed by atoms with van der Waals surface area (Å²) in [7, 11) is 0. The largest absolute Gasteiger partial charge is 0.342 e. The Labute approximate surface area is 158 Å². The first kappa shape index (κ1) is 18.2. The van der Waals surface area contributed by atoms with Crippen molar-refractivity contribution in [2.24, 2.45) is 23.5 Å². The zero-order valence-electron chi connectivity index (χ0n) is 15.4. The summed E-state index contributed by atoms with van der Waals surface area (Å²) >= 11 is 0. The minimum absolute atomic E-state index is 0.139. The number of nitrogens with two attached hydrogens (primary N) is 1. The van der Waals surface area contributed by atoms with Crippen molar-refractivity contribution in [1.29, 1.82) is 0 Å². The number of nitrogens with one attached hydrogen (secondary N) is 1. The first-order chi connectivity index (χ1) is 13.0. The lowest BCUT2D eigenvalue weighted by atomic mass is 9.96. The third-order valence-electron chi connectivity index (χ3n) is 6.40. The Hall–Kier alpha value is -2.15. The topological polar surface area (TPSA) is 78.7 Å². The second kappa shape index (κ2) is 7.46. The van der Waals surface area contributed by atoms with E-state index in [0.717, 1.165) is 38.8 Å². The van der Waals surface area contributed by atoms with Gasteiger partial charge in [0.1, 0.15) is 5.82 Å². The standard InChI is InChI=1S/C20H27FN4O2/c21-16-5-1-2-6-18(16)23-20(27)24-9-3-4-14(11-24)19(26)25-10-13-7-8-17(22)15(13)12-25/h1-2,5-6,13-15,17H,3-4,7-12,22H2,(H,23,27). The minimum Gasteiger partial charge on any atom is -0.342 e. The van der Waals surface area contributed by atoms with Crippen molar-refractivity contribution in [1.82, 2.24) is 9.80 Å². The van der Waals surface area contributed by atoms with Crippen LogP contribution in [0, 0.1) is 23.6 Å². The van der Waals surface area contributed by atoms with Crippen LogP contribution in [0.3, 0.4) is 0 Å². The highest BCUT2D eigenvalue weighted by molar-refractivity contribution is 5.90. The molecule has 27 heavy (non-hydrogen) atoms. The Morgan fingerprint density at radius 1 is 1.07 bits per heavy atom. The second-order valence-electron chi connectivity index (χ2n) is 8.10. The number of benzene rings is 1. The molecular formula is C20H27FN4O2. The number of hydrogen-bond donors (Lipinski definition) is 2. The van der Waals surface area contributed by atoms with Crippen LogP contribution < -0.4 is 11.1 Å². The van der Waals surface area contributed by atoms with E-state index in [2.05, 4.69) is 5.32 Å². The maximum atomic E-state index is 13.8. The number of amides is 3. The van der Waals surface area contributed by atoms with Gasteiger partial charge in [-0.3, -0.25) is 4.79 Å². The van der Waals surface area contributed by atoms with Gasteiger partial charge < -0.3 is 20.9 Å². The highest BCUT2D eigenvalue weighted by Gasteiger charge is 2.44. The van der Waals surface area contributed by atoms with Gasteiger partial charge in [-0.2, -0.15) is 0 Å². The number of para-hydroxylation sites is 1. The number of carbonyl (C=O) groups excluding carboxylic acids is 2. The lowest BCUT2D eigenvalue weighted by molar-refractivity contribution is -0.136. The SMILES string of the molecule is NC1CCC2CN(C(=O)C3CCCN(C(=O)Nc4ccccc4F)C3)CC12. The number of likely N-dealkylation sites (tertiary alicyclic amines) is 2. The first-order valence-electron chi connectivity index (χ1n) is 9.87. The molecule has 2 heterocycles. The maximum Gasteiger partial charge on any atom is 0.321 e. The zero-order chi connectivity index (χ0) is 19.0. The van der Waals surface area contributed by atoms with E-state index >= 15 is 0 Å². The van der Waals surface area contributed by atoms with Crippen molar-refractivity contribution in [3.8, 4) is 0 Å². The van der Waals surface area contributed by atoms with Gasteiger partial charge in [0.15, 0.2) is 0 Å². The van der Waals surface area contributed by atoms with E-state index in [1.807, 2.05) is 4.90 Å². The molecule has 3 fully saturated rings. The first-order valence-corrected chi connectivity index (χ1v) is 9.87. The molecule has 4 rings (SSSR count). The molecule has 6 nitrogen and oxygen atoms in total. The molecule has 4 atom stereocenters.